The molecule has 3 N–H and O–H groups in total. The molecule has 0 aromatic heterocycles. The van der Waals surface area contributed by atoms with Crippen LogP contribution >= 0.6 is 0 Å². The van der Waals surface area contributed by atoms with Gasteiger partial charge in [-0.2, -0.15) is 0 Å². The number of carboxylic acid groups (broad SMARTS) is 1. The van der Waals surface area contributed by atoms with Crippen molar-refractivity contribution in [2.45, 2.75) is 52.2 Å². The van der Waals surface area contributed by atoms with Crippen molar-refractivity contribution >= 4 is 12.1 Å². The number of carboxylic acids is 1. The highest BCUT2D eigenvalue weighted by Gasteiger charge is 2.41. The van der Waals surface area contributed by atoms with E-state index < -0.39 is 29.8 Å². The van der Waals surface area contributed by atoms with Crippen LogP contribution in [0.2, 0.25) is 0 Å². The fourth-order valence-corrected chi connectivity index (χ4v) is 1.56. The Bertz CT molecular complexity index is 308. The van der Waals surface area contributed by atoms with Gasteiger partial charge in [-0.1, -0.05) is 13.8 Å². The highest BCUT2D eigenvalue weighted by Crippen LogP contribution is 2.18. The topological polar surface area (TPSA) is 95.9 Å². The number of amides is 1. The zero-order chi connectivity index (χ0) is 14.6. The van der Waals surface area contributed by atoms with E-state index in [-0.39, 0.29) is 12.3 Å². The largest absolute Gasteiger partial charge is 0.479 e. The minimum atomic E-state index is -1.70. The van der Waals surface area contributed by atoms with E-state index in [9.17, 15) is 19.8 Å². The van der Waals surface area contributed by atoms with Gasteiger partial charge in [-0.25, -0.2) is 9.59 Å². The lowest BCUT2D eigenvalue weighted by Crippen LogP contribution is -2.58. The number of aliphatic carboxylic acids is 1. The third-order valence-corrected chi connectivity index (χ3v) is 2.18. The summed E-state index contributed by atoms with van der Waals surface area (Å²) in [5.74, 6) is -1.27. The van der Waals surface area contributed by atoms with Crippen molar-refractivity contribution in [3.05, 3.63) is 0 Å². The molecule has 0 aliphatic rings. The first-order valence-electron chi connectivity index (χ1n) is 5.88. The quantitative estimate of drug-likeness (QED) is 0.694. The Morgan fingerprint density at radius 2 is 1.78 bits per heavy atom. The molecule has 0 saturated carbocycles. The molecular weight excluding hydrogens is 238 g/mol. The summed E-state index contributed by atoms with van der Waals surface area (Å²) in [6.07, 6.45) is -0.725. The highest BCUT2D eigenvalue weighted by molar-refractivity contribution is 5.84. The lowest BCUT2D eigenvalue weighted by molar-refractivity contribution is -0.147. The molecule has 1 amide bonds. The van der Waals surface area contributed by atoms with E-state index >= 15 is 0 Å². The SMILES string of the molecule is CC(C)CC(CO)(NC(=O)OC(C)(C)C)C(=O)O. The first-order valence-corrected chi connectivity index (χ1v) is 5.88. The summed E-state index contributed by atoms with van der Waals surface area (Å²) >= 11 is 0. The lowest BCUT2D eigenvalue weighted by atomic mass is 9.90. The molecule has 0 fully saturated rings. The average Bonchev–Trinajstić information content (AvgIpc) is 2.12. The van der Waals surface area contributed by atoms with Crippen LogP contribution in [0, 0.1) is 5.92 Å². The number of aliphatic hydroxyl groups excluding tert-OH is 1. The average molecular weight is 261 g/mol. The molecule has 0 heterocycles. The standard InChI is InChI=1S/C12H23NO5/c1-8(2)6-12(7-14,9(15)16)13-10(17)18-11(3,4)5/h8,14H,6-7H2,1-5H3,(H,13,17)(H,15,16). The van der Waals surface area contributed by atoms with Gasteiger partial charge in [-0.15, -0.1) is 0 Å². The van der Waals surface area contributed by atoms with E-state index in [0.29, 0.717) is 0 Å². The van der Waals surface area contributed by atoms with Crippen molar-refractivity contribution in [3.8, 4) is 0 Å². The molecule has 106 valence electrons. The number of hydrogen-bond donors (Lipinski definition) is 3. The number of carbonyl (C=O) groups is 2. The summed E-state index contributed by atoms with van der Waals surface area (Å²) in [7, 11) is 0. The van der Waals surface area contributed by atoms with Gasteiger partial charge in [0.25, 0.3) is 0 Å². The molecule has 0 aliphatic heterocycles. The number of hydrogen-bond acceptors (Lipinski definition) is 4. The van der Waals surface area contributed by atoms with Crippen LogP contribution in [0.25, 0.3) is 0 Å². The van der Waals surface area contributed by atoms with E-state index in [0.717, 1.165) is 0 Å². The van der Waals surface area contributed by atoms with Crippen LogP contribution in [0.3, 0.4) is 0 Å². The first kappa shape index (κ1) is 16.7. The minimum Gasteiger partial charge on any atom is -0.479 e. The van der Waals surface area contributed by atoms with Crippen LogP contribution in [-0.2, 0) is 9.53 Å². The second-order valence-electron chi connectivity index (χ2n) is 5.77. The fraction of sp³-hybridized carbons (Fsp3) is 0.833. The Kier molecular flexibility index (Phi) is 5.60. The Balaban J connectivity index is 4.90. The molecule has 18 heavy (non-hydrogen) atoms. The summed E-state index contributed by atoms with van der Waals surface area (Å²) in [6.45, 7) is 7.97. The molecule has 6 heteroatoms. The van der Waals surface area contributed by atoms with Crippen LogP contribution in [-0.4, -0.2) is 40.0 Å². The van der Waals surface area contributed by atoms with Crippen LogP contribution in [0.4, 0.5) is 4.79 Å². The van der Waals surface area contributed by atoms with Gasteiger partial charge in [-0.3, -0.25) is 0 Å². The zero-order valence-electron chi connectivity index (χ0n) is 11.6. The third kappa shape index (κ3) is 5.35. The molecule has 0 spiro atoms. The lowest BCUT2D eigenvalue weighted by Gasteiger charge is -2.31. The van der Waals surface area contributed by atoms with E-state index in [1.807, 2.05) is 13.8 Å². The maximum Gasteiger partial charge on any atom is 0.408 e. The Morgan fingerprint density at radius 3 is 2.06 bits per heavy atom. The molecule has 0 aromatic rings. The smallest absolute Gasteiger partial charge is 0.408 e. The van der Waals surface area contributed by atoms with Gasteiger partial charge in [0.1, 0.15) is 5.60 Å². The van der Waals surface area contributed by atoms with Crippen molar-refractivity contribution in [2.75, 3.05) is 6.61 Å². The molecule has 0 saturated heterocycles. The second kappa shape index (κ2) is 6.04. The summed E-state index contributed by atoms with van der Waals surface area (Å²) in [6, 6.07) is 0. The highest BCUT2D eigenvalue weighted by atomic mass is 16.6. The molecule has 0 aromatic carbocycles. The van der Waals surface area contributed by atoms with Crippen LogP contribution < -0.4 is 5.32 Å². The van der Waals surface area contributed by atoms with Gasteiger partial charge in [0, 0.05) is 0 Å². The van der Waals surface area contributed by atoms with Crippen molar-refractivity contribution in [3.63, 3.8) is 0 Å². The molecule has 6 nitrogen and oxygen atoms in total. The monoisotopic (exact) mass is 261 g/mol. The normalized spacial score (nSPS) is 15.1. The number of rotatable bonds is 5. The number of alkyl carbamates (subject to hydrolysis) is 1. The summed E-state index contributed by atoms with van der Waals surface area (Å²) in [5.41, 5.74) is -2.42. The summed E-state index contributed by atoms with van der Waals surface area (Å²) in [5, 5.41) is 20.7. The van der Waals surface area contributed by atoms with Gasteiger partial charge in [0.2, 0.25) is 0 Å². The van der Waals surface area contributed by atoms with Gasteiger partial charge in [0.15, 0.2) is 5.54 Å². The van der Waals surface area contributed by atoms with E-state index in [4.69, 9.17) is 4.74 Å². The number of ether oxygens (including phenoxy) is 1. The van der Waals surface area contributed by atoms with Crippen molar-refractivity contribution in [2.24, 2.45) is 5.92 Å². The number of aliphatic hydroxyl groups is 1. The maximum absolute atomic E-state index is 11.6. The molecule has 0 aliphatic carbocycles. The molecule has 0 bridgehead atoms. The molecule has 0 radical (unpaired) electrons. The van der Waals surface area contributed by atoms with Crippen LogP contribution in [0.15, 0.2) is 0 Å². The Morgan fingerprint density at radius 1 is 1.28 bits per heavy atom. The molecule has 1 unspecified atom stereocenters. The maximum atomic E-state index is 11.6. The third-order valence-electron chi connectivity index (χ3n) is 2.18. The van der Waals surface area contributed by atoms with Crippen molar-refractivity contribution < 1.29 is 24.5 Å². The zero-order valence-corrected chi connectivity index (χ0v) is 11.6. The summed E-state index contributed by atoms with van der Waals surface area (Å²) in [4.78, 5) is 22.9. The first-order chi connectivity index (χ1) is 8.02. The predicted octanol–water partition coefficient (Wildman–Crippen LogP) is 1.37. The van der Waals surface area contributed by atoms with Crippen LogP contribution in [0.5, 0.6) is 0 Å². The molecule has 1 atom stereocenters. The van der Waals surface area contributed by atoms with E-state index in [1.54, 1.807) is 20.8 Å². The Labute approximate surface area is 107 Å². The van der Waals surface area contributed by atoms with E-state index in [2.05, 4.69) is 5.32 Å². The fourth-order valence-electron chi connectivity index (χ4n) is 1.56. The molecule has 0 rings (SSSR count). The summed E-state index contributed by atoms with van der Waals surface area (Å²) < 4.78 is 5.00. The minimum absolute atomic E-state index is 0.00295. The van der Waals surface area contributed by atoms with E-state index in [1.165, 1.54) is 0 Å². The van der Waals surface area contributed by atoms with Gasteiger partial charge < -0.3 is 20.3 Å². The van der Waals surface area contributed by atoms with Crippen molar-refractivity contribution in [1.82, 2.24) is 5.32 Å². The van der Waals surface area contributed by atoms with Crippen molar-refractivity contribution in [1.29, 1.82) is 0 Å². The van der Waals surface area contributed by atoms with Gasteiger partial charge in [-0.05, 0) is 33.1 Å². The number of nitrogens with one attached hydrogen (secondary N) is 1. The predicted molar refractivity (Wildman–Crippen MR) is 66.3 cm³/mol. The van der Waals surface area contributed by atoms with Gasteiger partial charge in [0.05, 0.1) is 6.61 Å². The number of carbonyl (C=O) groups excluding carboxylic acids is 1. The second-order valence-corrected chi connectivity index (χ2v) is 5.77. The Hall–Kier alpha value is -1.30. The van der Waals surface area contributed by atoms with Gasteiger partial charge >= 0.3 is 12.1 Å². The van der Waals surface area contributed by atoms with Crippen LogP contribution in [0.1, 0.15) is 41.0 Å². The molecular formula is C12H23NO5.